The second-order valence-electron chi connectivity index (χ2n) is 8.37. The third kappa shape index (κ3) is 3.33. The first-order chi connectivity index (χ1) is 15.5. The van der Waals surface area contributed by atoms with Gasteiger partial charge in [0, 0.05) is 29.3 Å². The summed E-state index contributed by atoms with van der Waals surface area (Å²) in [4.78, 5) is 18.1. The average Bonchev–Trinajstić information content (AvgIpc) is 3.05. The first-order valence-electron chi connectivity index (χ1n) is 10.7. The number of ketones is 1. The van der Waals surface area contributed by atoms with Gasteiger partial charge in [0.25, 0.3) is 0 Å². The van der Waals surface area contributed by atoms with Crippen molar-refractivity contribution >= 4 is 28.6 Å². The molecule has 2 aromatic rings. The van der Waals surface area contributed by atoms with Crippen LogP contribution in [-0.2, 0) is 11.2 Å². The zero-order chi connectivity index (χ0) is 22.4. The molecule has 2 aliphatic carbocycles. The van der Waals surface area contributed by atoms with E-state index in [1.54, 1.807) is 7.11 Å². The first-order valence-corrected chi connectivity index (χ1v) is 10.7. The lowest BCUT2D eigenvalue weighted by atomic mass is 9.92. The van der Waals surface area contributed by atoms with Gasteiger partial charge in [-0.3, -0.25) is 4.79 Å². The minimum absolute atomic E-state index is 0.0911. The highest BCUT2D eigenvalue weighted by Gasteiger charge is 2.38. The van der Waals surface area contributed by atoms with Crippen molar-refractivity contribution in [2.24, 2.45) is 10.7 Å². The fraction of sp³-hybridized carbons (Fsp3) is 0.231. The molecule has 6 heteroatoms. The molecule has 162 valence electrons. The molecule has 2 aromatic carbocycles. The van der Waals surface area contributed by atoms with Crippen molar-refractivity contribution in [3.63, 3.8) is 0 Å². The minimum Gasteiger partial charge on any atom is -0.495 e. The van der Waals surface area contributed by atoms with E-state index in [4.69, 9.17) is 15.5 Å². The van der Waals surface area contributed by atoms with E-state index in [9.17, 15) is 9.90 Å². The number of nitrogens with one attached hydrogen (secondary N) is 1. The monoisotopic (exact) mass is 427 g/mol. The Morgan fingerprint density at radius 1 is 1.22 bits per heavy atom. The number of aryl methyl sites for hydroxylation is 1. The number of fused-ring (bicyclic) bond motifs is 2. The summed E-state index contributed by atoms with van der Waals surface area (Å²) in [5.74, 6) is 0.301. The predicted molar refractivity (Wildman–Crippen MR) is 126 cm³/mol. The van der Waals surface area contributed by atoms with E-state index in [1.807, 2.05) is 61.5 Å². The number of rotatable bonds is 4. The molecule has 1 aliphatic heterocycles. The standard InChI is InChI=1S/C26H25N3O3/c1-14-6-11-18-19(12-14)26(32-2)22(25(18)31)24-21(30)13-15-4-3-5-20(23(15)29-24)28-17-9-7-16(27)8-10-17/h3-9,11-12,17,21,28,30H,10,13,27H2,1-2H3. The summed E-state index contributed by atoms with van der Waals surface area (Å²) in [6.07, 6.45) is 6.16. The first kappa shape index (κ1) is 20.3. The Balaban J connectivity index is 1.58. The van der Waals surface area contributed by atoms with Crippen LogP contribution in [-0.4, -0.2) is 35.9 Å². The highest BCUT2D eigenvalue weighted by Crippen LogP contribution is 2.40. The minimum atomic E-state index is -0.894. The van der Waals surface area contributed by atoms with Gasteiger partial charge in [0.15, 0.2) is 5.78 Å². The average molecular weight is 428 g/mol. The Hall–Kier alpha value is -3.64. The normalized spacial score (nSPS) is 21.7. The second kappa shape index (κ2) is 7.80. The van der Waals surface area contributed by atoms with Gasteiger partial charge >= 0.3 is 0 Å². The molecular weight excluding hydrogens is 402 g/mol. The maximum Gasteiger partial charge on any atom is 0.199 e. The number of nitrogens with two attached hydrogens (primary N) is 1. The molecule has 3 aliphatic rings. The molecule has 6 nitrogen and oxygen atoms in total. The number of aliphatic hydroxyl groups is 1. The Labute approximate surface area is 186 Å². The van der Waals surface area contributed by atoms with E-state index >= 15 is 0 Å². The zero-order valence-corrected chi connectivity index (χ0v) is 18.1. The van der Waals surface area contributed by atoms with Crippen molar-refractivity contribution in [2.75, 3.05) is 12.4 Å². The smallest absolute Gasteiger partial charge is 0.199 e. The molecule has 2 unspecified atom stereocenters. The summed E-state index contributed by atoms with van der Waals surface area (Å²) >= 11 is 0. The third-order valence-electron chi connectivity index (χ3n) is 6.13. The van der Waals surface area contributed by atoms with Crippen LogP contribution in [0.1, 0.15) is 33.5 Å². The van der Waals surface area contributed by atoms with E-state index < -0.39 is 6.10 Å². The summed E-state index contributed by atoms with van der Waals surface area (Å²) in [6.45, 7) is 1.97. The fourth-order valence-electron chi connectivity index (χ4n) is 4.53. The van der Waals surface area contributed by atoms with Crippen LogP contribution in [0, 0.1) is 6.92 Å². The number of hydrogen-bond donors (Lipinski definition) is 3. The Kier molecular flexibility index (Phi) is 4.94. The van der Waals surface area contributed by atoms with Crippen molar-refractivity contribution in [2.45, 2.75) is 31.9 Å². The molecule has 0 spiro atoms. The summed E-state index contributed by atoms with van der Waals surface area (Å²) < 4.78 is 5.65. The summed E-state index contributed by atoms with van der Waals surface area (Å²) in [5, 5.41) is 14.5. The molecule has 0 amide bonds. The van der Waals surface area contributed by atoms with E-state index in [1.165, 1.54) is 0 Å². The number of para-hydroxylation sites is 1. The summed E-state index contributed by atoms with van der Waals surface area (Å²) in [5.41, 5.74) is 12.2. The number of aliphatic imine (C=N–C) groups is 1. The van der Waals surface area contributed by atoms with E-state index in [0.29, 0.717) is 29.0 Å². The highest BCUT2D eigenvalue weighted by molar-refractivity contribution is 6.37. The number of nitrogens with zero attached hydrogens (tertiary/aromatic N) is 1. The largest absolute Gasteiger partial charge is 0.495 e. The van der Waals surface area contributed by atoms with Crippen LogP contribution in [0.3, 0.4) is 0 Å². The quantitative estimate of drug-likeness (QED) is 0.689. The zero-order valence-electron chi connectivity index (χ0n) is 18.1. The third-order valence-corrected chi connectivity index (χ3v) is 6.13. The fourth-order valence-corrected chi connectivity index (χ4v) is 4.53. The molecule has 0 bridgehead atoms. The molecular formula is C26H25N3O3. The molecule has 0 saturated carbocycles. The van der Waals surface area contributed by atoms with Crippen LogP contribution in [0.2, 0.25) is 0 Å². The predicted octanol–water partition coefficient (Wildman–Crippen LogP) is 3.82. The maximum atomic E-state index is 13.3. The van der Waals surface area contributed by atoms with Crippen molar-refractivity contribution in [3.05, 3.63) is 88.2 Å². The van der Waals surface area contributed by atoms with Gasteiger partial charge < -0.3 is 20.9 Å². The topological polar surface area (TPSA) is 96.9 Å². The lowest BCUT2D eigenvalue weighted by molar-refractivity contribution is 0.104. The van der Waals surface area contributed by atoms with Crippen LogP contribution >= 0.6 is 0 Å². The Morgan fingerprint density at radius 2 is 2.06 bits per heavy atom. The second-order valence-corrected chi connectivity index (χ2v) is 8.37. The van der Waals surface area contributed by atoms with E-state index in [0.717, 1.165) is 40.2 Å². The number of Topliss-reactive ketones (excluding diaryl/α,β-unsaturated/α-hetero) is 1. The number of carbonyl (C=O) groups excluding carboxylic acids is 1. The van der Waals surface area contributed by atoms with Crippen LogP contribution in [0.15, 0.2) is 70.9 Å². The number of carbonyl (C=O) groups is 1. The van der Waals surface area contributed by atoms with Gasteiger partial charge in [0.1, 0.15) is 11.9 Å². The molecule has 0 aromatic heterocycles. The van der Waals surface area contributed by atoms with Gasteiger partial charge in [0.05, 0.1) is 29.8 Å². The molecule has 0 saturated heterocycles. The Morgan fingerprint density at radius 3 is 2.81 bits per heavy atom. The number of aliphatic hydroxyl groups excluding tert-OH is 1. The number of ether oxygens (including phenoxy) is 1. The van der Waals surface area contributed by atoms with Crippen molar-refractivity contribution in [1.82, 2.24) is 0 Å². The van der Waals surface area contributed by atoms with Gasteiger partial charge in [-0.2, -0.15) is 0 Å². The van der Waals surface area contributed by atoms with E-state index in [-0.39, 0.29) is 11.8 Å². The number of allylic oxidation sites excluding steroid dienone is 1. The number of hydrogen-bond acceptors (Lipinski definition) is 6. The van der Waals surface area contributed by atoms with Crippen LogP contribution < -0.4 is 11.1 Å². The number of benzene rings is 2. The molecule has 32 heavy (non-hydrogen) atoms. The van der Waals surface area contributed by atoms with Crippen LogP contribution in [0.25, 0.3) is 5.76 Å². The molecule has 4 N–H and O–H groups in total. The number of anilines is 1. The van der Waals surface area contributed by atoms with Crippen LogP contribution in [0.4, 0.5) is 11.4 Å². The van der Waals surface area contributed by atoms with Gasteiger partial charge in [-0.25, -0.2) is 4.99 Å². The lowest BCUT2D eigenvalue weighted by Gasteiger charge is -2.25. The molecule has 1 heterocycles. The Bertz CT molecular complexity index is 1250. The SMILES string of the molecule is COC1=C(C2=Nc3c(cccc3NC3C=CC(N)=CC3)CC2O)C(=O)c2ccc(C)cc21. The molecule has 5 rings (SSSR count). The maximum absolute atomic E-state index is 13.3. The van der Waals surface area contributed by atoms with Gasteiger partial charge in [-0.05, 0) is 37.1 Å². The summed E-state index contributed by atoms with van der Waals surface area (Å²) in [6, 6.07) is 11.6. The van der Waals surface area contributed by atoms with Gasteiger partial charge in [0.2, 0.25) is 0 Å². The van der Waals surface area contributed by atoms with Crippen LogP contribution in [0.5, 0.6) is 0 Å². The van der Waals surface area contributed by atoms with Gasteiger partial charge in [-0.1, -0.05) is 42.0 Å². The summed E-state index contributed by atoms with van der Waals surface area (Å²) in [7, 11) is 1.55. The van der Waals surface area contributed by atoms with Gasteiger partial charge in [-0.15, -0.1) is 0 Å². The molecule has 0 radical (unpaired) electrons. The van der Waals surface area contributed by atoms with E-state index in [2.05, 4.69) is 5.32 Å². The number of methoxy groups -OCH3 is 1. The van der Waals surface area contributed by atoms with Crippen molar-refractivity contribution in [3.8, 4) is 0 Å². The lowest BCUT2D eigenvalue weighted by Crippen LogP contribution is -2.30. The van der Waals surface area contributed by atoms with Crippen molar-refractivity contribution in [1.29, 1.82) is 0 Å². The van der Waals surface area contributed by atoms with Crippen molar-refractivity contribution < 1.29 is 14.6 Å². The molecule has 0 fully saturated rings. The highest BCUT2D eigenvalue weighted by atomic mass is 16.5. The molecule has 2 atom stereocenters.